The summed E-state index contributed by atoms with van der Waals surface area (Å²) in [5.41, 5.74) is 9.21. The summed E-state index contributed by atoms with van der Waals surface area (Å²) >= 11 is 0. The Balaban J connectivity index is 1.57. The molecule has 0 aromatic heterocycles. The summed E-state index contributed by atoms with van der Waals surface area (Å²) in [5.74, 6) is 0.860. The Morgan fingerprint density at radius 1 is 1.00 bits per heavy atom. The third-order valence-corrected chi connectivity index (χ3v) is 6.67. The number of unbranched alkanes of at least 4 members (excludes halogenated alkanes) is 1. The fraction of sp³-hybridized carbons (Fsp3) is 0.400. The first kappa shape index (κ1) is 23.4. The van der Waals surface area contributed by atoms with E-state index in [-0.39, 0.29) is 11.9 Å². The Morgan fingerprint density at radius 2 is 1.79 bits per heavy atom. The van der Waals surface area contributed by atoms with Gasteiger partial charge in [0.15, 0.2) is 0 Å². The lowest BCUT2D eigenvalue weighted by atomic mass is 9.89. The van der Waals surface area contributed by atoms with Gasteiger partial charge in [-0.2, -0.15) is 0 Å². The second kappa shape index (κ2) is 10.4. The molecule has 1 aliphatic heterocycles. The van der Waals surface area contributed by atoms with Crippen LogP contribution in [0.2, 0.25) is 0 Å². The molecule has 0 aliphatic carbocycles. The third kappa shape index (κ3) is 5.24. The van der Waals surface area contributed by atoms with Gasteiger partial charge in [-0.15, -0.1) is 0 Å². The van der Waals surface area contributed by atoms with Crippen molar-refractivity contribution in [2.24, 2.45) is 0 Å². The Hall–Kier alpha value is -2.81. The molecule has 0 fully saturated rings. The van der Waals surface area contributed by atoms with Crippen LogP contribution in [0, 0.1) is 19.7 Å². The minimum Gasteiger partial charge on any atom is -0.494 e. The predicted octanol–water partition coefficient (Wildman–Crippen LogP) is 8.34. The summed E-state index contributed by atoms with van der Waals surface area (Å²) in [6.45, 7) is 9.35. The highest BCUT2D eigenvalue weighted by Gasteiger charge is 2.22. The van der Waals surface area contributed by atoms with Crippen LogP contribution in [0.5, 0.6) is 5.75 Å². The number of aryl methyl sites for hydroxylation is 4. The monoisotopic (exact) mass is 445 g/mol. The van der Waals surface area contributed by atoms with E-state index in [2.05, 4.69) is 75.5 Å². The lowest BCUT2D eigenvalue weighted by Crippen LogP contribution is -2.18. The van der Waals surface area contributed by atoms with E-state index in [4.69, 9.17) is 4.74 Å². The molecular formula is C30H36FNO. The topological polar surface area (TPSA) is 21.3 Å². The Bertz CT molecular complexity index is 1100. The van der Waals surface area contributed by atoms with Crippen molar-refractivity contribution in [2.75, 3.05) is 11.9 Å². The quantitative estimate of drug-likeness (QED) is 0.352. The van der Waals surface area contributed by atoms with E-state index in [1.807, 2.05) is 0 Å². The molecule has 1 heterocycles. The molecule has 0 radical (unpaired) electrons. The number of anilines is 1. The van der Waals surface area contributed by atoms with Crippen LogP contribution in [0.25, 0.3) is 11.1 Å². The molecule has 3 aromatic carbocycles. The molecule has 3 heteroatoms. The van der Waals surface area contributed by atoms with Crippen molar-refractivity contribution in [3.05, 3.63) is 82.2 Å². The van der Waals surface area contributed by atoms with Crippen molar-refractivity contribution in [2.45, 2.75) is 72.3 Å². The van der Waals surface area contributed by atoms with Gasteiger partial charge in [-0.25, -0.2) is 4.39 Å². The molecule has 0 saturated carbocycles. The van der Waals surface area contributed by atoms with Crippen LogP contribution < -0.4 is 10.1 Å². The number of fused-ring (bicyclic) bond motifs is 1. The van der Waals surface area contributed by atoms with Crippen LogP contribution in [-0.2, 0) is 12.8 Å². The molecule has 33 heavy (non-hydrogen) atoms. The van der Waals surface area contributed by atoms with Crippen LogP contribution in [0.1, 0.15) is 73.4 Å². The normalized spacial score (nSPS) is 15.1. The van der Waals surface area contributed by atoms with Gasteiger partial charge in [0.1, 0.15) is 11.6 Å². The van der Waals surface area contributed by atoms with Gasteiger partial charge in [0.05, 0.1) is 12.6 Å². The lowest BCUT2D eigenvalue weighted by Gasteiger charge is -2.28. The van der Waals surface area contributed by atoms with Crippen molar-refractivity contribution < 1.29 is 9.13 Å². The number of nitrogens with one attached hydrogen (secondary N) is 1. The number of halogens is 1. The second-order valence-electron chi connectivity index (χ2n) is 9.35. The summed E-state index contributed by atoms with van der Waals surface area (Å²) in [4.78, 5) is 0. The van der Waals surface area contributed by atoms with E-state index in [0.29, 0.717) is 0 Å². The van der Waals surface area contributed by atoms with Gasteiger partial charge in [-0.05, 0) is 103 Å². The minimum absolute atomic E-state index is 0.0926. The highest BCUT2D eigenvalue weighted by Crippen LogP contribution is 2.37. The average Bonchev–Trinajstić information content (AvgIpc) is 2.79. The van der Waals surface area contributed by atoms with Crippen LogP contribution >= 0.6 is 0 Å². The van der Waals surface area contributed by atoms with Crippen molar-refractivity contribution in [3.8, 4) is 16.9 Å². The van der Waals surface area contributed by atoms with Crippen LogP contribution in [-0.4, -0.2) is 6.61 Å². The fourth-order valence-corrected chi connectivity index (χ4v) is 4.99. The molecule has 0 amide bonds. The van der Waals surface area contributed by atoms with Crippen LogP contribution in [0.3, 0.4) is 0 Å². The van der Waals surface area contributed by atoms with Gasteiger partial charge < -0.3 is 10.1 Å². The van der Waals surface area contributed by atoms with Gasteiger partial charge in [-0.1, -0.05) is 51.0 Å². The first-order chi connectivity index (χ1) is 16.0. The summed E-state index contributed by atoms with van der Waals surface area (Å²) in [6.07, 6.45) is 5.94. The van der Waals surface area contributed by atoms with E-state index in [9.17, 15) is 4.39 Å². The lowest BCUT2D eigenvalue weighted by molar-refractivity contribution is 0.309. The second-order valence-corrected chi connectivity index (χ2v) is 9.35. The van der Waals surface area contributed by atoms with E-state index >= 15 is 0 Å². The number of rotatable bonds is 8. The summed E-state index contributed by atoms with van der Waals surface area (Å²) in [6, 6.07) is 17.0. The van der Waals surface area contributed by atoms with Crippen molar-refractivity contribution in [1.82, 2.24) is 0 Å². The van der Waals surface area contributed by atoms with E-state index in [1.165, 1.54) is 33.4 Å². The summed E-state index contributed by atoms with van der Waals surface area (Å²) < 4.78 is 20.5. The maximum absolute atomic E-state index is 14.5. The number of benzene rings is 3. The summed E-state index contributed by atoms with van der Waals surface area (Å²) in [5, 5.41) is 3.61. The Kier molecular flexibility index (Phi) is 7.37. The van der Waals surface area contributed by atoms with Gasteiger partial charge in [0, 0.05) is 5.69 Å². The van der Waals surface area contributed by atoms with Crippen molar-refractivity contribution >= 4 is 5.69 Å². The Labute approximate surface area is 198 Å². The average molecular weight is 446 g/mol. The first-order valence-electron chi connectivity index (χ1n) is 12.4. The summed E-state index contributed by atoms with van der Waals surface area (Å²) in [7, 11) is 0. The largest absolute Gasteiger partial charge is 0.494 e. The SMILES string of the molecule is CCCCOc1cc(C)c(-c2cccc(C3CCc4cc(CCC)c(F)cc4N3)c2)c(C)c1. The Morgan fingerprint density at radius 3 is 2.52 bits per heavy atom. The standard InChI is InChI=1S/C30H36FNO/c1-5-7-14-33-26-15-20(3)30(21(4)16-26)25-11-8-10-23(18-25)28-13-12-24-17-22(9-6-2)27(31)19-29(24)32-28/h8,10-11,15-19,28,32H,5-7,9,12-14H2,1-4H3. The molecule has 3 aromatic rings. The van der Waals surface area contributed by atoms with Crippen molar-refractivity contribution in [3.63, 3.8) is 0 Å². The zero-order valence-corrected chi connectivity index (χ0v) is 20.4. The smallest absolute Gasteiger partial charge is 0.128 e. The molecular weight excluding hydrogens is 409 g/mol. The maximum atomic E-state index is 14.5. The number of ether oxygens (including phenoxy) is 1. The number of hydrogen-bond acceptors (Lipinski definition) is 2. The zero-order chi connectivity index (χ0) is 23.4. The van der Waals surface area contributed by atoms with Gasteiger partial charge in [0.2, 0.25) is 0 Å². The maximum Gasteiger partial charge on any atom is 0.128 e. The number of hydrogen-bond donors (Lipinski definition) is 1. The molecule has 174 valence electrons. The van der Waals surface area contributed by atoms with Crippen LogP contribution in [0.15, 0.2) is 48.5 Å². The molecule has 1 atom stereocenters. The molecule has 4 rings (SSSR count). The zero-order valence-electron chi connectivity index (χ0n) is 20.4. The first-order valence-corrected chi connectivity index (χ1v) is 12.4. The molecule has 1 aliphatic rings. The van der Waals surface area contributed by atoms with E-state index < -0.39 is 0 Å². The fourth-order valence-electron chi connectivity index (χ4n) is 4.99. The molecule has 1 N–H and O–H groups in total. The van der Waals surface area contributed by atoms with Crippen LogP contribution in [0.4, 0.5) is 10.1 Å². The van der Waals surface area contributed by atoms with E-state index in [1.54, 1.807) is 6.07 Å². The third-order valence-electron chi connectivity index (χ3n) is 6.67. The molecule has 0 saturated heterocycles. The van der Waals surface area contributed by atoms with Gasteiger partial charge >= 0.3 is 0 Å². The van der Waals surface area contributed by atoms with E-state index in [0.717, 1.165) is 62.1 Å². The van der Waals surface area contributed by atoms with Gasteiger partial charge in [-0.3, -0.25) is 0 Å². The minimum atomic E-state index is -0.0926. The predicted molar refractivity (Wildman–Crippen MR) is 137 cm³/mol. The highest BCUT2D eigenvalue weighted by molar-refractivity contribution is 5.73. The van der Waals surface area contributed by atoms with Gasteiger partial charge in [0.25, 0.3) is 0 Å². The molecule has 1 unspecified atom stereocenters. The van der Waals surface area contributed by atoms with Crippen molar-refractivity contribution in [1.29, 1.82) is 0 Å². The molecule has 2 nitrogen and oxygen atoms in total. The highest BCUT2D eigenvalue weighted by atomic mass is 19.1. The molecule has 0 bridgehead atoms. The molecule has 0 spiro atoms.